The second-order valence-electron chi connectivity index (χ2n) is 7.95. The minimum atomic E-state index is -6.03. The molecule has 1 aliphatic rings. The molecule has 0 amide bonds. The van der Waals surface area contributed by atoms with Gasteiger partial charge in [-0.3, -0.25) is 0 Å². The molecule has 0 spiro atoms. The van der Waals surface area contributed by atoms with Crippen LogP contribution < -0.4 is 8.86 Å². The maximum Gasteiger partial charge on any atom is 0.402 e. The van der Waals surface area contributed by atoms with Crippen molar-refractivity contribution in [2.24, 2.45) is 0 Å². The molecule has 8 nitrogen and oxygen atoms in total. The molecule has 0 aliphatic carbocycles. The summed E-state index contributed by atoms with van der Waals surface area (Å²) < 4.78 is 120. The molecule has 1 aromatic rings. The maximum absolute atomic E-state index is 14.5. The first kappa shape index (κ1) is 25.8. The summed E-state index contributed by atoms with van der Waals surface area (Å²) in [5.74, 6) is -0.576. The van der Waals surface area contributed by atoms with Crippen molar-refractivity contribution >= 4 is 20.0 Å². The van der Waals surface area contributed by atoms with Gasteiger partial charge in [-0.25, -0.2) is 16.8 Å². The number of sulfonamides is 2. The predicted octanol–water partition coefficient (Wildman–Crippen LogP) is 2.47. The Balaban J connectivity index is 2.77. The molecule has 178 valence electrons. The fraction of sp³-hybridized carbons (Fsp3) is 0.647. The highest BCUT2D eigenvalue weighted by Crippen LogP contribution is 2.46. The summed E-state index contributed by atoms with van der Waals surface area (Å²) in [6.07, 6.45) is -3.86. The number of methoxy groups -OCH3 is 2. The fourth-order valence-electron chi connectivity index (χ4n) is 2.85. The first-order valence-corrected chi connectivity index (χ1v) is 11.7. The van der Waals surface area contributed by atoms with Gasteiger partial charge in [0.25, 0.3) is 26.2 Å². The van der Waals surface area contributed by atoms with Gasteiger partial charge in [-0.1, -0.05) is 24.9 Å². The Hall–Kier alpha value is -1.48. The average molecular weight is 493 g/mol. The van der Waals surface area contributed by atoms with Crippen LogP contribution in [0.5, 0.6) is 5.75 Å². The summed E-state index contributed by atoms with van der Waals surface area (Å²) in [5, 5.41) is -10.6. The maximum atomic E-state index is 14.5. The Labute approximate surface area is 178 Å². The number of ether oxygens (including phenoxy) is 3. The van der Waals surface area contributed by atoms with Crippen LogP contribution >= 0.6 is 0 Å². The lowest BCUT2D eigenvalue weighted by atomic mass is 9.84. The molecule has 0 atom stereocenters. The number of hydrogen-bond donors (Lipinski definition) is 1. The molecular formula is C17H23F4NO7S2. The van der Waals surface area contributed by atoms with Gasteiger partial charge in [0.1, 0.15) is 5.75 Å². The van der Waals surface area contributed by atoms with E-state index in [1.165, 1.54) is 26.4 Å². The van der Waals surface area contributed by atoms with Crippen LogP contribution in [0.4, 0.5) is 17.6 Å². The summed E-state index contributed by atoms with van der Waals surface area (Å²) in [7, 11) is -9.55. The van der Waals surface area contributed by atoms with Gasteiger partial charge in [-0.05, 0) is 23.1 Å². The quantitative estimate of drug-likeness (QED) is 0.607. The predicted molar refractivity (Wildman–Crippen MR) is 102 cm³/mol. The molecule has 0 unspecified atom stereocenters. The third-order valence-corrected chi connectivity index (χ3v) is 8.11. The zero-order chi connectivity index (χ0) is 24.0. The van der Waals surface area contributed by atoms with E-state index in [4.69, 9.17) is 14.2 Å². The van der Waals surface area contributed by atoms with E-state index in [0.29, 0.717) is 9.69 Å². The van der Waals surface area contributed by atoms with E-state index in [-0.39, 0.29) is 24.3 Å². The van der Waals surface area contributed by atoms with Crippen molar-refractivity contribution in [1.29, 1.82) is 0 Å². The van der Waals surface area contributed by atoms with Crippen molar-refractivity contribution in [3.8, 4) is 5.75 Å². The second-order valence-corrected chi connectivity index (χ2v) is 11.7. The van der Waals surface area contributed by atoms with Crippen LogP contribution in [-0.4, -0.2) is 47.7 Å². The minimum absolute atomic E-state index is 0.0295. The Morgan fingerprint density at radius 3 is 1.61 bits per heavy atom. The Morgan fingerprint density at radius 2 is 1.29 bits per heavy atom. The number of halogens is 4. The van der Waals surface area contributed by atoms with E-state index in [0.717, 1.165) is 0 Å². The molecule has 1 heterocycles. The lowest BCUT2D eigenvalue weighted by Gasteiger charge is -2.37. The lowest BCUT2D eigenvalue weighted by Crippen LogP contribution is -2.68. The SMILES string of the molecule is COCc1cc(C(C)(C)C)cc(COC)c1OC1C(F)(F)S(=O)(=O)NS(=O)(=O)C1(F)F. The van der Waals surface area contributed by atoms with Gasteiger partial charge >= 0.3 is 10.5 Å². The van der Waals surface area contributed by atoms with Gasteiger partial charge in [0.05, 0.1) is 13.2 Å². The topological polar surface area (TPSA) is 108 Å². The zero-order valence-corrected chi connectivity index (χ0v) is 19.0. The molecular weight excluding hydrogens is 470 g/mol. The highest BCUT2D eigenvalue weighted by atomic mass is 32.3. The van der Waals surface area contributed by atoms with Crippen LogP contribution in [0.3, 0.4) is 0 Å². The van der Waals surface area contributed by atoms with Crippen molar-refractivity contribution in [3.05, 3.63) is 28.8 Å². The number of nitrogens with one attached hydrogen (secondary N) is 1. The Kier molecular flexibility index (Phi) is 6.77. The van der Waals surface area contributed by atoms with Gasteiger partial charge in [-0.15, -0.1) is 0 Å². The van der Waals surface area contributed by atoms with E-state index in [1.807, 2.05) is 20.8 Å². The highest BCUT2D eigenvalue weighted by molar-refractivity contribution is 8.06. The van der Waals surface area contributed by atoms with Crippen molar-refractivity contribution in [2.75, 3.05) is 14.2 Å². The third-order valence-electron chi connectivity index (χ3n) is 4.49. The molecule has 1 saturated heterocycles. The van der Waals surface area contributed by atoms with Crippen molar-refractivity contribution in [1.82, 2.24) is 4.13 Å². The minimum Gasteiger partial charge on any atom is -0.474 e. The van der Waals surface area contributed by atoms with Crippen LogP contribution in [0.1, 0.15) is 37.5 Å². The summed E-state index contributed by atoms with van der Waals surface area (Å²) in [4.78, 5) is 0. The molecule has 1 fully saturated rings. The number of benzene rings is 1. The van der Waals surface area contributed by atoms with Crippen LogP contribution in [-0.2, 0) is 48.1 Å². The second kappa shape index (κ2) is 8.14. The molecule has 1 aromatic carbocycles. The largest absolute Gasteiger partial charge is 0.474 e. The lowest BCUT2D eigenvalue weighted by molar-refractivity contribution is -0.128. The summed E-state index contributed by atoms with van der Waals surface area (Å²) >= 11 is 0. The molecule has 31 heavy (non-hydrogen) atoms. The van der Waals surface area contributed by atoms with Crippen LogP contribution in [0.25, 0.3) is 0 Å². The van der Waals surface area contributed by atoms with Crippen LogP contribution in [0, 0.1) is 0 Å². The Bertz CT molecular complexity index is 980. The van der Waals surface area contributed by atoms with Gasteiger partial charge in [-0.2, -0.15) is 17.6 Å². The highest BCUT2D eigenvalue weighted by Gasteiger charge is 2.75. The zero-order valence-electron chi connectivity index (χ0n) is 17.3. The molecule has 0 aromatic heterocycles. The molecule has 1 N–H and O–H groups in total. The van der Waals surface area contributed by atoms with E-state index in [1.54, 1.807) is 0 Å². The van der Waals surface area contributed by atoms with Crippen molar-refractivity contribution < 1.29 is 48.6 Å². The summed E-state index contributed by atoms with van der Waals surface area (Å²) in [5.41, 5.74) is 0.255. The molecule has 0 saturated carbocycles. The number of rotatable bonds is 6. The van der Waals surface area contributed by atoms with Crippen molar-refractivity contribution in [2.45, 2.75) is 56.0 Å². The Morgan fingerprint density at radius 1 is 0.903 bits per heavy atom. The summed E-state index contributed by atoms with van der Waals surface area (Å²) in [6.45, 7) is 4.95. The normalized spacial score (nSPS) is 22.2. The molecule has 14 heteroatoms. The molecule has 1 aliphatic heterocycles. The fourth-order valence-corrected chi connectivity index (χ4v) is 5.93. The van der Waals surface area contributed by atoms with Gasteiger partial charge in [0.2, 0.25) is 0 Å². The average Bonchev–Trinajstić information content (AvgIpc) is 2.58. The van der Waals surface area contributed by atoms with Gasteiger partial charge in [0, 0.05) is 25.3 Å². The van der Waals surface area contributed by atoms with E-state index in [9.17, 15) is 34.4 Å². The van der Waals surface area contributed by atoms with Crippen molar-refractivity contribution in [3.63, 3.8) is 0 Å². The first-order chi connectivity index (χ1) is 13.9. The third kappa shape index (κ3) is 4.53. The van der Waals surface area contributed by atoms with E-state index in [2.05, 4.69) is 0 Å². The van der Waals surface area contributed by atoms with Gasteiger partial charge < -0.3 is 14.2 Å². The van der Waals surface area contributed by atoms with Crippen LogP contribution in [0.15, 0.2) is 12.1 Å². The van der Waals surface area contributed by atoms with Gasteiger partial charge in [0.15, 0.2) is 0 Å². The molecule has 2 rings (SSSR count). The van der Waals surface area contributed by atoms with E-state index >= 15 is 0 Å². The van der Waals surface area contributed by atoms with E-state index < -0.39 is 47.8 Å². The number of alkyl halides is 4. The van der Waals surface area contributed by atoms with Crippen LogP contribution in [0.2, 0.25) is 0 Å². The summed E-state index contributed by atoms with van der Waals surface area (Å²) in [6, 6.07) is 2.91. The number of hydrogen-bond acceptors (Lipinski definition) is 7. The molecule has 0 bridgehead atoms. The monoisotopic (exact) mass is 493 g/mol. The first-order valence-electron chi connectivity index (χ1n) is 8.76. The smallest absolute Gasteiger partial charge is 0.402 e. The molecule has 0 radical (unpaired) electrons. The standard InChI is InChI=1S/C17H23F4NO7S2/c1-15(2,3)12-6-10(8-27-4)13(11(7-12)9-28-5)29-14-16(18,19)30(23,24)22-31(25,26)17(14,20)21/h6-7,14,22H,8-9H2,1-5H3.